The number of thioether (sulfide) groups is 1. The van der Waals surface area contributed by atoms with Gasteiger partial charge in [-0.1, -0.05) is 0 Å². The Kier molecular flexibility index (Phi) is 4.14. The molecule has 0 amide bonds. The molecule has 2 rings (SSSR count). The minimum Gasteiger partial charge on any atom is -0.379 e. The van der Waals surface area contributed by atoms with Crippen LogP contribution in [0.3, 0.4) is 0 Å². The van der Waals surface area contributed by atoms with Gasteiger partial charge in [-0.15, -0.1) is 0 Å². The van der Waals surface area contributed by atoms with Crippen LogP contribution in [-0.2, 0) is 4.74 Å². The maximum Gasteiger partial charge on any atom is 0.0594 e. The van der Waals surface area contributed by atoms with Gasteiger partial charge in [0.1, 0.15) is 0 Å². The highest BCUT2D eigenvalue weighted by Crippen LogP contribution is 2.29. The first kappa shape index (κ1) is 10.8. The minimum atomic E-state index is 0.863. The van der Waals surface area contributed by atoms with E-state index < -0.39 is 0 Å². The number of hydrogen-bond acceptors (Lipinski definition) is 3. The largest absolute Gasteiger partial charge is 0.379 e. The van der Waals surface area contributed by atoms with Crippen LogP contribution in [0.2, 0.25) is 0 Å². The number of rotatable bonds is 2. The van der Waals surface area contributed by atoms with E-state index in [-0.39, 0.29) is 0 Å². The summed E-state index contributed by atoms with van der Waals surface area (Å²) in [6, 6.07) is 0.863. The number of ether oxygens (including phenoxy) is 1. The van der Waals surface area contributed by atoms with E-state index in [1.54, 1.807) is 0 Å². The molecule has 0 radical (unpaired) electrons. The van der Waals surface area contributed by atoms with E-state index in [4.69, 9.17) is 4.74 Å². The van der Waals surface area contributed by atoms with Crippen LogP contribution in [0.15, 0.2) is 0 Å². The Labute approximate surface area is 91.4 Å². The molecule has 3 heteroatoms. The molecule has 1 aliphatic heterocycles. The van der Waals surface area contributed by atoms with E-state index in [1.165, 1.54) is 25.7 Å². The predicted molar refractivity (Wildman–Crippen MR) is 62.0 cm³/mol. The lowest BCUT2D eigenvalue weighted by Gasteiger charge is -2.38. The van der Waals surface area contributed by atoms with Crippen LogP contribution in [0, 0.1) is 0 Å². The van der Waals surface area contributed by atoms with E-state index in [1.807, 2.05) is 0 Å². The van der Waals surface area contributed by atoms with Gasteiger partial charge in [0.25, 0.3) is 0 Å². The molecule has 1 saturated carbocycles. The Morgan fingerprint density at radius 3 is 2.29 bits per heavy atom. The van der Waals surface area contributed by atoms with E-state index in [0.29, 0.717) is 0 Å². The second kappa shape index (κ2) is 5.38. The third kappa shape index (κ3) is 2.65. The summed E-state index contributed by atoms with van der Waals surface area (Å²) in [4.78, 5) is 2.64. The van der Waals surface area contributed by atoms with Crippen molar-refractivity contribution in [3.8, 4) is 0 Å². The lowest BCUT2D eigenvalue weighted by molar-refractivity contribution is 0.00895. The van der Waals surface area contributed by atoms with Gasteiger partial charge in [-0.3, -0.25) is 4.90 Å². The molecule has 1 aliphatic carbocycles. The molecule has 0 bridgehead atoms. The Hall–Kier alpha value is 0.270. The molecule has 0 N–H and O–H groups in total. The third-order valence-electron chi connectivity index (χ3n) is 3.54. The zero-order chi connectivity index (χ0) is 9.80. The highest BCUT2D eigenvalue weighted by molar-refractivity contribution is 7.99. The molecule has 2 nitrogen and oxygen atoms in total. The van der Waals surface area contributed by atoms with Crippen molar-refractivity contribution in [2.24, 2.45) is 0 Å². The normalized spacial score (nSPS) is 35.8. The molecule has 82 valence electrons. The lowest BCUT2D eigenvalue weighted by atomic mass is 9.93. The first-order valence-corrected chi connectivity index (χ1v) is 7.03. The van der Waals surface area contributed by atoms with Gasteiger partial charge in [-0.25, -0.2) is 0 Å². The van der Waals surface area contributed by atoms with E-state index in [9.17, 15) is 0 Å². The van der Waals surface area contributed by atoms with Crippen LogP contribution in [0.4, 0.5) is 0 Å². The van der Waals surface area contributed by atoms with Crippen LogP contribution in [0.5, 0.6) is 0 Å². The average Bonchev–Trinajstić information content (AvgIpc) is 2.30. The monoisotopic (exact) mass is 215 g/mol. The standard InChI is InChI=1S/C11H21NOS/c1-14-11-4-2-10(3-5-11)12-6-8-13-9-7-12/h10-11H,2-9H2,1H3. The Morgan fingerprint density at radius 2 is 1.71 bits per heavy atom. The SMILES string of the molecule is CSC1CCC(N2CCOCC2)CC1. The first-order valence-electron chi connectivity index (χ1n) is 5.74. The van der Waals surface area contributed by atoms with E-state index in [0.717, 1.165) is 37.6 Å². The fourth-order valence-corrected chi connectivity index (χ4v) is 3.33. The molecule has 0 aromatic rings. The summed E-state index contributed by atoms with van der Waals surface area (Å²) in [6.45, 7) is 4.22. The first-order chi connectivity index (χ1) is 6.90. The van der Waals surface area contributed by atoms with Gasteiger partial charge in [0, 0.05) is 24.4 Å². The fraction of sp³-hybridized carbons (Fsp3) is 1.00. The maximum absolute atomic E-state index is 5.39. The molecule has 0 aromatic heterocycles. The smallest absolute Gasteiger partial charge is 0.0594 e. The predicted octanol–water partition coefficient (Wildman–Crippen LogP) is 1.99. The highest BCUT2D eigenvalue weighted by atomic mass is 32.2. The maximum atomic E-state index is 5.39. The minimum absolute atomic E-state index is 0.863. The molecule has 1 heterocycles. The van der Waals surface area contributed by atoms with Gasteiger partial charge in [0.05, 0.1) is 13.2 Å². The second-order valence-corrected chi connectivity index (χ2v) is 5.45. The van der Waals surface area contributed by atoms with E-state index >= 15 is 0 Å². The van der Waals surface area contributed by atoms with Crippen molar-refractivity contribution in [1.29, 1.82) is 0 Å². The van der Waals surface area contributed by atoms with Gasteiger partial charge in [-0.05, 0) is 31.9 Å². The van der Waals surface area contributed by atoms with Crippen molar-refractivity contribution < 1.29 is 4.74 Å². The summed E-state index contributed by atoms with van der Waals surface area (Å²) in [6.07, 6.45) is 7.91. The van der Waals surface area contributed by atoms with Gasteiger partial charge in [-0.2, -0.15) is 11.8 Å². The number of hydrogen-bond donors (Lipinski definition) is 0. The van der Waals surface area contributed by atoms with Crippen LogP contribution in [-0.4, -0.2) is 48.8 Å². The van der Waals surface area contributed by atoms with Crippen LogP contribution in [0.25, 0.3) is 0 Å². The Bertz CT molecular complexity index is 163. The molecule has 2 aliphatic rings. The Morgan fingerprint density at radius 1 is 1.07 bits per heavy atom. The van der Waals surface area contributed by atoms with Gasteiger partial charge < -0.3 is 4.74 Å². The van der Waals surface area contributed by atoms with E-state index in [2.05, 4.69) is 22.9 Å². The van der Waals surface area contributed by atoms with Crippen molar-refractivity contribution in [3.63, 3.8) is 0 Å². The quantitative estimate of drug-likeness (QED) is 0.699. The summed E-state index contributed by atoms with van der Waals surface area (Å²) in [7, 11) is 0. The summed E-state index contributed by atoms with van der Waals surface area (Å²) >= 11 is 2.05. The van der Waals surface area contributed by atoms with Crippen LogP contribution in [0.1, 0.15) is 25.7 Å². The van der Waals surface area contributed by atoms with Gasteiger partial charge in [0.2, 0.25) is 0 Å². The molecule has 0 spiro atoms. The van der Waals surface area contributed by atoms with Crippen molar-refractivity contribution >= 4 is 11.8 Å². The highest BCUT2D eigenvalue weighted by Gasteiger charge is 2.26. The molecule has 1 saturated heterocycles. The average molecular weight is 215 g/mol. The zero-order valence-corrected chi connectivity index (χ0v) is 9.89. The van der Waals surface area contributed by atoms with Crippen LogP contribution >= 0.6 is 11.8 Å². The molecular formula is C11H21NOS. The van der Waals surface area contributed by atoms with Crippen molar-refractivity contribution in [2.75, 3.05) is 32.6 Å². The molecule has 14 heavy (non-hydrogen) atoms. The van der Waals surface area contributed by atoms with Gasteiger partial charge in [0.15, 0.2) is 0 Å². The summed E-state index contributed by atoms with van der Waals surface area (Å²) in [5.74, 6) is 0. The number of morpholine rings is 1. The Balaban J connectivity index is 1.76. The molecule has 0 aromatic carbocycles. The van der Waals surface area contributed by atoms with Crippen molar-refractivity contribution in [3.05, 3.63) is 0 Å². The summed E-state index contributed by atoms with van der Waals surface area (Å²) < 4.78 is 5.39. The van der Waals surface area contributed by atoms with Crippen LogP contribution < -0.4 is 0 Å². The third-order valence-corrected chi connectivity index (χ3v) is 4.68. The lowest BCUT2D eigenvalue weighted by Crippen LogP contribution is -2.45. The van der Waals surface area contributed by atoms with Crippen molar-refractivity contribution in [2.45, 2.75) is 37.0 Å². The summed E-state index contributed by atoms with van der Waals surface area (Å²) in [5.41, 5.74) is 0. The molecule has 0 atom stereocenters. The fourth-order valence-electron chi connectivity index (χ4n) is 2.59. The summed E-state index contributed by atoms with van der Waals surface area (Å²) in [5, 5.41) is 0.937. The molecule has 0 unspecified atom stereocenters. The second-order valence-electron chi connectivity index (χ2n) is 4.31. The van der Waals surface area contributed by atoms with Gasteiger partial charge >= 0.3 is 0 Å². The molecular weight excluding hydrogens is 194 g/mol. The van der Waals surface area contributed by atoms with Crippen molar-refractivity contribution in [1.82, 2.24) is 4.90 Å². The topological polar surface area (TPSA) is 12.5 Å². The zero-order valence-electron chi connectivity index (χ0n) is 9.08. The molecule has 2 fully saturated rings. The number of nitrogens with zero attached hydrogens (tertiary/aromatic N) is 1.